The summed E-state index contributed by atoms with van der Waals surface area (Å²) in [6, 6.07) is 0. The molecule has 4 rings (SSSR count). The third-order valence-electron chi connectivity index (χ3n) is 9.75. The minimum absolute atomic E-state index is 0.444. The van der Waals surface area contributed by atoms with E-state index in [0.29, 0.717) is 24.9 Å². The van der Waals surface area contributed by atoms with Gasteiger partial charge in [-0.05, 0) is 125 Å². The van der Waals surface area contributed by atoms with Gasteiger partial charge in [0.25, 0.3) is 12.6 Å². The maximum absolute atomic E-state index is 12.3. The summed E-state index contributed by atoms with van der Waals surface area (Å²) in [5, 5.41) is 0. The molecule has 0 bridgehead atoms. The Morgan fingerprint density at radius 2 is 1.15 bits per heavy atom. The number of ether oxygens (including phenoxy) is 3. The van der Waals surface area contributed by atoms with Gasteiger partial charge in [0.15, 0.2) is 0 Å². The molecule has 0 radical (unpaired) electrons. The van der Waals surface area contributed by atoms with Crippen molar-refractivity contribution in [2.45, 2.75) is 110 Å². The van der Waals surface area contributed by atoms with Crippen LogP contribution >= 0.6 is 0 Å². The summed E-state index contributed by atoms with van der Waals surface area (Å²) < 4.78 is 41.7. The Labute approximate surface area is 206 Å². The molecule has 0 N–H and O–H groups in total. The molecule has 5 heteroatoms. The van der Waals surface area contributed by atoms with Crippen LogP contribution in [-0.2, 0) is 14.2 Å². The Bertz CT molecular complexity index is 590. The Morgan fingerprint density at radius 1 is 0.706 bits per heavy atom. The lowest BCUT2D eigenvalue weighted by molar-refractivity contribution is -0.326. The van der Waals surface area contributed by atoms with E-state index in [4.69, 9.17) is 14.2 Å². The number of rotatable bonds is 9. The zero-order valence-corrected chi connectivity index (χ0v) is 21.4. The molecule has 1 aliphatic heterocycles. The van der Waals surface area contributed by atoms with Gasteiger partial charge in [-0.1, -0.05) is 19.8 Å². The van der Waals surface area contributed by atoms with Crippen molar-refractivity contribution in [3.8, 4) is 0 Å². The Hall–Kier alpha value is -0.520. The molecule has 1 heterocycles. The first kappa shape index (κ1) is 26.5. The third-order valence-corrected chi connectivity index (χ3v) is 9.75. The summed E-state index contributed by atoms with van der Waals surface area (Å²) in [6.45, 7) is 3.94. The van der Waals surface area contributed by atoms with Crippen molar-refractivity contribution in [2.75, 3.05) is 19.8 Å². The van der Waals surface area contributed by atoms with Crippen molar-refractivity contribution in [3.05, 3.63) is 12.2 Å². The van der Waals surface area contributed by atoms with Crippen LogP contribution in [0.4, 0.5) is 8.78 Å². The normalized spacial score (nSPS) is 39.5. The summed E-state index contributed by atoms with van der Waals surface area (Å²) >= 11 is 0. The van der Waals surface area contributed by atoms with Crippen LogP contribution < -0.4 is 0 Å². The van der Waals surface area contributed by atoms with Gasteiger partial charge in [0.05, 0.1) is 19.8 Å². The fourth-order valence-corrected chi connectivity index (χ4v) is 7.64. The van der Waals surface area contributed by atoms with Crippen molar-refractivity contribution in [1.29, 1.82) is 0 Å². The van der Waals surface area contributed by atoms with Crippen LogP contribution in [0.25, 0.3) is 0 Å². The first-order valence-corrected chi connectivity index (χ1v) is 14.5. The van der Waals surface area contributed by atoms with Crippen molar-refractivity contribution < 1.29 is 23.0 Å². The van der Waals surface area contributed by atoms with Gasteiger partial charge in [0, 0.05) is 5.92 Å². The lowest BCUT2D eigenvalue weighted by Crippen LogP contribution is -2.39. The highest BCUT2D eigenvalue weighted by molar-refractivity contribution is 4.88. The van der Waals surface area contributed by atoms with Crippen molar-refractivity contribution in [3.63, 3.8) is 0 Å². The smallest absolute Gasteiger partial charge is 0.271 e. The van der Waals surface area contributed by atoms with Crippen LogP contribution in [0.1, 0.15) is 103 Å². The lowest BCUT2D eigenvalue weighted by atomic mass is 9.64. The summed E-state index contributed by atoms with van der Waals surface area (Å²) in [5.74, 6) is 5.68. The Kier molecular flexibility index (Phi) is 10.7. The van der Waals surface area contributed by atoms with E-state index in [0.717, 1.165) is 61.7 Å². The third kappa shape index (κ3) is 7.74. The minimum atomic E-state index is -1.51. The van der Waals surface area contributed by atoms with Crippen LogP contribution in [0.2, 0.25) is 0 Å². The number of halogens is 2. The molecule has 34 heavy (non-hydrogen) atoms. The van der Waals surface area contributed by atoms with Gasteiger partial charge in [0.1, 0.15) is 0 Å². The van der Waals surface area contributed by atoms with E-state index in [1.165, 1.54) is 77.0 Å². The van der Waals surface area contributed by atoms with Crippen LogP contribution in [0.5, 0.6) is 0 Å². The molecule has 0 spiro atoms. The average Bonchev–Trinajstić information content (AvgIpc) is 2.88. The van der Waals surface area contributed by atoms with Crippen molar-refractivity contribution >= 4 is 0 Å². The molecule has 196 valence electrons. The molecule has 3 saturated carbocycles. The van der Waals surface area contributed by atoms with Gasteiger partial charge in [-0.15, -0.1) is 0 Å². The Balaban J connectivity index is 1.10. The summed E-state index contributed by atoms with van der Waals surface area (Å²) in [6.07, 6.45) is 18.5. The molecule has 3 nitrogen and oxygen atoms in total. The fraction of sp³-hybridized carbons (Fsp3) is 0.931. The predicted octanol–water partition coefficient (Wildman–Crippen LogP) is 8.34. The second-order valence-electron chi connectivity index (χ2n) is 11.8. The molecule has 0 unspecified atom stereocenters. The second-order valence-corrected chi connectivity index (χ2v) is 11.8. The average molecular weight is 483 g/mol. The van der Waals surface area contributed by atoms with Gasteiger partial charge < -0.3 is 14.2 Å². The maximum Gasteiger partial charge on any atom is 0.271 e. The fourth-order valence-electron chi connectivity index (χ4n) is 7.64. The van der Waals surface area contributed by atoms with Gasteiger partial charge in [-0.25, -0.2) is 0 Å². The van der Waals surface area contributed by atoms with Crippen LogP contribution in [-0.4, -0.2) is 26.3 Å². The molecule has 1 saturated heterocycles. The minimum Gasteiger partial charge on any atom is -0.330 e. The first-order chi connectivity index (χ1) is 16.6. The predicted molar refractivity (Wildman–Crippen MR) is 131 cm³/mol. The van der Waals surface area contributed by atoms with E-state index < -0.39 is 12.6 Å². The van der Waals surface area contributed by atoms with E-state index in [1.807, 2.05) is 0 Å². The van der Waals surface area contributed by atoms with Crippen LogP contribution in [0.15, 0.2) is 12.2 Å². The van der Waals surface area contributed by atoms with E-state index in [2.05, 4.69) is 6.92 Å². The zero-order chi connectivity index (χ0) is 23.8. The molecular formula is C29H48F2O3. The van der Waals surface area contributed by atoms with E-state index in [1.54, 1.807) is 0 Å². The standard InChI is InChI=1S/C29H48F2O3/c1-2-18-32-29-33-19-27(20-34-29)26-16-14-25(15-17-26)24-12-10-23(11-13-24)22-8-6-21(7-9-22)4-3-5-28(30)31/h5,21-27,29H,2-4,6-20H2,1H3. The molecule has 0 aromatic heterocycles. The molecule has 0 aromatic carbocycles. The monoisotopic (exact) mass is 482 g/mol. The van der Waals surface area contributed by atoms with E-state index in [-0.39, 0.29) is 0 Å². The highest BCUT2D eigenvalue weighted by atomic mass is 19.3. The molecule has 4 fully saturated rings. The quantitative estimate of drug-likeness (QED) is 0.330. The van der Waals surface area contributed by atoms with Crippen molar-refractivity contribution in [1.82, 2.24) is 0 Å². The molecule has 0 atom stereocenters. The molecule has 0 aromatic rings. The number of hydrogen-bond donors (Lipinski definition) is 0. The van der Waals surface area contributed by atoms with Gasteiger partial charge in [0.2, 0.25) is 0 Å². The lowest BCUT2D eigenvalue weighted by Gasteiger charge is -2.43. The SMILES string of the molecule is CCCOC1OCC(C2CCC(C3CCC(C4CCC(CCC=C(F)F)CC4)CC3)CC2)CO1. The van der Waals surface area contributed by atoms with Crippen LogP contribution in [0, 0.1) is 41.4 Å². The molecular weight excluding hydrogens is 434 g/mol. The van der Waals surface area contributed by atoms with E-state index in [9.17, 15) is 8.78 Å². The van der Waals surface area contributed by atoms with Crippen LogP contribution in [0.3, 0.4) is 0 Å². The maximum atomic E-state index is 12.3. The highest BCUT2D eigenvalue weighted by Gasteiger charge is 2.37. The second kappa shape index (κ2) is 13.7. The molecule has 3 aliphatic carbocycles. The first-order valence-electron chi connectivity index (χ1n) is 14.5. The van der Waals surface area contributed by atoms with E-state index >= 15 is 0 Å². The highest BCUT2D eigenvalue weighted by Crippen LogP contribution is 2.47. The Morgan fingerprint density at radius 3 is 1.59 bits per heavy atom. The molecule has 4 aliphatic rings. The topological polar surface area (TPSA) is 27.7 Å². The van der Waals surface area contributed by atoms with Crippen molar-refractivity contribution in [2.24, 2.45) is 41.4 Å². The summed E-state index contributed by atoms with van der Waals surface area (Å²) in [5.41, 5.74) is 0. The van der Waals surface area contributed by atoms with Gasteiger partial charge >= 0.3 is 0 Å². The zero-order valence-electron chi connectivity index (χ0n) is 21.4. The largest absolute Gasteiger partial charge is 0.330 e. The number of allylic oxidation sites excluding steroid dienone is 1. The van der Waals surface area contributed by atoms with Gasteiger partial charge in [-0.3, -0.25) is 0 Å². The number of hydrogen-bond acceptors (Lipinski definition) is 3. The summed E-state index contributed by atoms with van der Waals surface area (Å²) in [4.78, 5) is 0. The van der Waals surface area contributed by atoms with Gasteiger partial charge in [-0.2, -0.15) is 8.78 Å². The molecule has 0 amide bonds. The summed E-state index contributed by atoms with van der Waals surface area (Å²) in [7, 11) is 0.